The van der Waals surface area contributed by atoms with Crippen molar-refractivity contribution in [1.29, 1.82) is 0 Å². The Bertz CT molecular complexity index is 592. The Hall–Kier alpha value is -3.16. The van der Waals surface area contributed by atoms with Crippen LogP contribution < -0.4 is 5.32 Å². The van der Waals surface area contributed by atoms with Crippen LogP contribution in [0.4, 0.5) is 5.69 Å². The molecule has 0 heterocycles. The lowest BCUT2D eigenvalue weighted by Gasteiger charge is -2.18. The molecule has 2 amide bonds. The molecule has 0 aliphatic rings. The molecule has 0 aromatic heterocycles. The average Bonchev–Trinajstić information content (AvgIpc) is 2.45. The van der Waals surface area contributed by atoms with E-state index < -0.39 is 36.8 Å². The molecule has 3 N–H and O–H groups in total. The number of aliphatic carboxylic acids is 2. The van der Waals surface area contributed by atoms with E-state index >= 15 is 0 Å². The van der Waals surface area contributed by atoms with Crippen LogP contribution in [0.5, 0.6) is 0 Å². The van der Waals surface area contributed by atoms with Crippen LogP contribution in [0.15, 0.2) is 36.9 Å². The second-order valence-corrected chi connectivity index (χ2v) is 4.22. The number of hydrogen-bond donors (Lipinski definition) is 3. The highest BCUT2D eigenvalue weighted by Gasteiger charge is 2.21. The van der Waals surface area contributed by atoms with Gasteiger partial charge in [0.05, 0.1) is 0 Å². The topological polar surface area (TPSA) is 124 Å². The third kappa shape index (κ3) is 5.08. The fraction of sp³-hybridized carbons (Fsp3) is 0.143. The van der Waals surface area contributed by atoms with Crippen LogP contribution in [0.2, 0.25) is 0 Å². The number of nitrogens with one attached hydrogen (secondary N) is 1. The maximum atomic E-state index is 12.1. The largest absolute Gasteiger partial charge is 0.480 e. The van der Waals surface area contributed by atoms with E-state index in [4.69, 9.17) is 10.2 Å². The van der Waals surface area contributed by atoms with Crippen LogP contribution in [-0.4, -0.2) is 52.0 Å². The number of carbonyl (C=O) groups excluding carboxylic acids is 2. The number of carbonyl (C=O) groups is 4. The van der Waals surface area contributed by atoms with Gasteiger partial charge in [0.2, 0.25) is 5.91 Å². The molecule has 8 nitrogen and oxygen atoms in total. The molecule has 1 rings (SSSR count). The number of amides is 2. The number of carboxylic acids is 2. The normalized spacial score (nSPS) is 9.64. The summed E-state index contributed by atoms with van der Waals surface area (Å²) in [6.45, 7) is 1.85. The number of rotatable bonds is 7. The molecule has 1 aromatic rings. The number of nitrogens with zero attached hydrogens (tertiary/aromatic N) is 1. The van der Waals surface area contributed by atoms with E-state index in [1.165, 1.54) is 24.3 Å². The van der Waals surface area contributed by atoms with E-state index in [-0.39, 0.29) is 5.56 Å². The molecule has 22 heavy (non-hydrogen) atoms. The van der Waals surface area contributed by atoms with Crippen molar-refractivity contribution < 1.29 is 29.4 Å². The van der Waals surface area contributed by atoms with Crippen LogP contribution in [0.3, 0.4) is 0 Å². The highest BCUT2D eigenvalue weighted by molar-refractivity contribution is 6.00. The van der Waals surface area contributed by atoms with Crippen LogP contribution in [-0.2, 0) is 14.4 Å². The van der Waals surface area contributed by atoms with Crippen molar-refractivity contribution in [3.8, 4) is 0 Å². The summed E-state index contributed by atoms with van der Waals surface area (Å²) in [5.74, 6) is -3.78. The zero-order chi connectivity index (χ0) is 16.7. The fourth-order valence-electron chi connectivity index (χ4n) is 1.60. The zero-order valence-electron chi connectivity index (χ0n) is 11.5. The van der Waals surface area contributed by atoms with Gasteiger partial charge in [-0.25, -0.2) is 0 Å². The van der Waals surface area contributed by atoms with Gasteiger partial charge in [-0.1, -0.05) is 6.58 Å². The smallest absolute Gasteiger partial charge is 0.323 e. The Kier molecular flexibility index (Phi) is 5.82. The van der Waals surface area contributed by atoms with Gasteiger partial charge in [0.25, 0.3) is 5.91 Å². The summed E-state index contributed by atoms with van der Waals surface area (Å²) in [5.41, 5.74) is 0.531. The van der Waals surface area contributed by atoms with Crippen molar-refractivity contribution in [3.63, 3.8) is 0 Å². The lowest BCUT2D eigenvalue weighted by molar-refractivity contribution is -0.140. The van der Waals surface area contributed by atoms with Crippen LogP contribution in [0.25, 0.3) is 0 Å². The SMILES string of the molecule is C=CC(=O)Nc1ccc(C(=O)N(CC(=O)O)CC(=O)O)cc1. The lowest BCUT2D eigenvalue weighted by atomic mass is 10.1. The molecule has 0 aliphatic heterocycles. The van der Waals surface area contributed by atoms with E-state index in [9.17, 15) is 19.2 Å². The molecule has 0 radical (unpaired) electrons. The van der Waals surface area contributed by atoms with E-state index in [1.54, 1.807) is 0 Å². The molecule has 0 bridgehead atoms. The summed E-state index contributed by atoms with van der Waals surface area (Å²) in [6.07, 6.45) is 1.08. The molecular formula is C14H14N2O6. The first-order valence-electron chi connectivity index (χ1n) is 6.10. The first-order chi connectivity index (χ1) is 10.3. The minimum absolute atomic E-state index is 0.110. The van der Waals surface area contributed by atoms with Crippen molar-refractivity contribution in [3.05, 3.63) is 42.5 Å². The first-order valence-corrected chi connectivity index (χ1v) is 6.10. The van der Waals surface area contributed by atoms with Gasteiger partial charge in [-0.2, -0.15) is 0 Å². The second kappa shape index (κ2) is 7.58. The molecule has 0 aliphatic carbocycles. The summed E-state index contributed by atoms with van der Waals surface area (Å²) in [4.78, 5) is 45.3. The van der Waals surface area contributed by atoms with Gasteiger partial charge in [-0.15, -0.1) is 0 Å². The van der Waals surface area contributed by atoms with E-state index in [1.807, 2.05) is 0 Å². The summed E-state index contributed by atoms with van der Waals surface area (Å²) in [6, 6.07) is 5.60. The van der Waals surface area contributed by atoms with Crippen molar-refractivity contribution >= 4 is 29.4 Å². The molecular weight excluding hydrogens is 292 g/mol. The third-order valence-electron chi connectivity index (χ3n) is 2.52. The number of anilines is 1. The van der Waals surface area contributed by atoms with Gasteiger partial charge >= 0.3 is 11.9 Å². The van der Waals surface area contributed by atoms with Gasteiger partial charge in [-0.3, -0.25) is 19.2 Å². The molecule has 0 saturated heterocycles. The van der Waals surface area contributed by atoms with E-state index in [0.29, 0.717) is 10.6 Å². The van der Waals surface area contributed by atoms with Crippen LogP contribution in [0.1, 0.15) is 10.4 Å². The third-order valence-corrected chi connectivity index (χ3v) is 2.52. The lowest BCUT2D eigenvalue weighted by Crippen LogP contribution is -2.39. The minimum atomic E-state index is -1.32. The van der Waals surface area contributed by atoms with Crippen LogP contribution in [0, 0.1) is 0 Å². The van der Waals surface area contributed by atoms with Crippen molar-refractivity contribution in [2.24, 2.45) is 0 Å². The molecule has 0 fully saturated rings. The monoisotopic (exact) mass is 306 g/mol. The van der Waals surface area contributed by atoms with Gasteiger partial charge in [-0.05, 0) is 30.3 Å². The number of carboxylic acid groups (broad SMARTS) is 2. The maximum Gasteiger partial charge on any atom is 0.323 e. The molecule has 0 atom stereocenters. The Morgan fingerprint density at radius 3 is 1.95 bits per heavy atom. The van der Waals surface area contributed by atoms with E-state index in [2.05, 4.69) is 11.9 Å². The molecule has 116 valence electrons. The van der Waals surface area contributed by atoms with Gasteiger partial charge in [0, 0.05) is 11.3 Å². The standard InChI is InChI=1S/C14H14N2O6/c1-2-11(17)15-10-5-3-9(4-6-10)14(22)16(7-12(18)19)8-13(20)21/h2-6H,1,7-8H2,(H,15,17)(H,18,19)(H,20,21). The van der Waals surface area contributed by atoms with Gasteiger partial charge < -0.3 is 20.4 Å². The summed E-state index contributed by atoms with van der Waals surface area (Å²) in [7, 11) is 0. The van der Waals surface area contributed by atoms with Crippen LogP contribution >= 0.6 is 0 Å². The highest BCUT2D eigenvalue weighted by Crippen LogP contribution is 2.12. The predicted molar refractivity (Wildman–Crippen MR) is 76.4 cm³/mol. The summed E-state index contributed by atoms with van der Waals surface area (Å²) >= 11 is 0. The first kappa shape index (κ1) is 16.9. The molecule has 1 aromatic carbocycles. The predicted octanol–water partition coefficient (Wildman–Crippen LogP) is 0.422. The molecule has 0 unspecified atom stereocenters. The highest BCUT2D eigenvalue weighted by atomic mass is 16.4. The van der Waals surface area contributed by atoms with Crippen molar-refractivity contribution in [2.45, 2.75) is 0 Å². The quantitative estimate of drug-likeness (QED) is 0.627. The second-order valence-electron chi connectivity index (χ2n) is 4.22. The summed E-state index contributed by atoms with van der Waals surface area (Å²) in [5, 5.41) is 19.9. The minimum Gasteiger partial charge on any atom is -0.480 e. The maximum absolute atomic E-state index is 12.1. The van der Waals surface area contributed by atoms with Crippen molar-refractivity contribution in [1.82, 2.24) is 4.90 Å². The molecule has 0 spiro atoms. The number of hydrogen-bond acceptors (Lipinski definition) is 4. The van der Waals surface area contributed by atoms with Crippen molar-refractivity contribution in [2.75, 3.05) is 18.4 Å². The molecule has 8 heteroatoms. The Morgan fingerprint density at radius 1 is 1.05 bits per heavy atom. The van der Waals surface area contributed by atoms with E-state index in [0.717, 1.165) is 6.08 Å². The van der Waals surface area contributed by atoms with Gasteiger partial charge in [0.1, 0.15) is 13.1 Å². The average molecular weight is 306 g/mol. The number of benzene rings is 1. The zero-order valence-corrected chi connectivity index (χ0v) is 11.5. The Labute approximate surface area is 125 Å². The Balaban J connectivity index is 2.89. The summed E-state index contributed by atoms with van der Waals surface area (Å²) < 4.78 is 0. The van der Waals surface area contributed by atoms with Gasteiger partial charge in [0.15, 0.2) is 0 Å². The Morgan fingerprint density at radius 2 is 1.55 bits per heavy atom. The fourth-order valence-corrected chi connectivity index (χ4v) is 1.60. The molecule has 0 saturated carbocycles.